The number of ketones is 1. The topological polar surface area (TPSA) is 139 Å². The van der Waals surface area contributed by atoms with Crippen molar-refractivity contribution in [3.05, 3.63) is 0 Å². The lowest BCUT2D eigenvalue weighted by molar-refractivity contribution is -0.140. The first-order valence-electron chi connectivity index (χ1n) is 5.97. The summed E-state index contributed by atoms with van der Waals surface area (Å²) >= 11 is 0. The van der Waals surface area contributed by atoms with Crippen molar-refractivity contribution in [1.29, 1.82) is 0 Å². The number of rotatable bonds is 10. The second-order valence-electron chi connectivity index (χ2n) is 3.96. The van der Waals surface area contributed by atoms with E-state index in [-0.39, 0.29) is 25.9 Å². The Morgan fingerprint density at radius 2 is 1.75 bits per heavy atom. The molecule has 0 heterocycles. The fourth-order valence-corrected chi connectivity index (χ4v) is 1.31. The average Bonchev–Trinajstić information content (AvgIpc) is 2.40. The summed E-state index contributed by atoms with van der Waals surface area (Å²) in [5, 5.41) is 13.1. The van der Waals surface area contributed by atoms with Crippen molar-refractivity contribution in [2.24, 2.45) is 5.73 Å². The zero-order valence-electron chi connectivity index (χ0n) is 10.9. The highest BCUT2D eigenvalue weighted by atomic mass is 19.1. The Hall–Kier alpha value is -2.03. The minimum absolute atomic E-state index is 0.130. The molecule has 0 saturated heterocycles. The Labute approximate surface area is 114 Å². The van der Waals surface area contributed by atoms with E-state index in [4.69, 9.17) is 10.8 Å². The highest BCUT2D eigenvalue weighted by molar-refractivity contribution is 5.93. The summed E-state index contributed by atoms with van der Waals surface area (Å²) in [6, 6.07) is -1.42. The highest BCUT2D eigenvalue weighted by Crippen LogP contribution is 1.98. The van der Waals surface area contributed by atoms with E-state index in [0.29, 0.717) is 0 Å². The first-order chi connectivity index (χ1) is 9.40. The van der Waals surface area contributed by atoms with Crippen LogP contribution in [0.3, 0.4) is 0 Å². The second-order valence-corrected chi connectivity index (χ2v) is 3.96. The van der Waals surface area contributed by atoms with Gasteiger partial charge in [0.05, 0.1) is 6.42 Å². The van der Waals surface area contributed by atoms with Gasteiger partial charge in [0.25, 0.3) is 0 Å². The number of halogens is 1. The summed E-state index contributed by atoms with van der Waals surface area (Å²) in [4.78, 5) is 44.3. The van der Waals surface area contributed by atoms with Crippen LogP contribution in [0.4, 0.5) is 4.39 Å². The molecular formula is C11H18FN3O5. The van der Waals surface area contributed by atoms with Crippen molar-refractivity contribution < 1.29 is 28.7 Å². The molecule has 1 atom stereocenters. The Morgan fingerprint density at radius 1 is 1.15 bits per heavy atom. The Balaban J connectivity index is 4.22. The average molecular weight is 291 g/mol. The van der Waals surface area contributed by atoms with E-state index in [1.54, 1.807) is 0 Å². The predicted molar refractivity (Wildman–Crippen MR) is 66.5 cm³/mol. The highest BCUT2D eigenvalue weighted by Gasteiger charge is 2.23. The normalized spacial score (nSPS) is 11.5. The second kappa shape index (κ2) is 9.84. The molecule has 0 spiro atoms. The molecule has 0 radical (unpaired) electrons. The third-order valence-electron chi connectivity index (χ3n) is 2.28. The van der Waals surface area contributed by atoms with E-state index in [2.05, 4.69) is 10.6 Å². The van der Waals surface area contributed by atoms with Crippen LogP contribution >= 0.6 is 0 Å². The minimum Gasteiger partial charge on any atom is -0.481 e. The van der Waals surface area contributed by atoms with Crippen LogP contribution in [0.15, 0.2) is 0 Å². The quantitative estimate of drug-likeness (QED) is 0.380. The van der Waals surface area contributed by atoms with Gasteiger partial charge in [0, 0.05) is 25.9 Å². The number of nitrogens with two attached hydrogens (primary N) is 1. The van der Waals surface area contributed by atoms with Crippen LogP contribution in [0.25, 0.3) is 0 Å². The van der Waals surface area contributed by atoms with Gasteiger partial charge in [-0.25, -0.2) is 4.39 Å². The Kier molecular flexibility index (Phi) is 8.84. The van der Waals surface area contributed by atoms with Crippen molar-refractivity contribution in [3.8, 4) is 0 Å². The monoisotopic (exact) mass is 291 g/mol. The molecule has 0 fully saturated rings. The van der Waals surface area contributed by atoms with Crippen LogP contribution in [-0.4, -0.2) is 54.5 Å². The van der Waals surface area contributed by atoms with E-state index in [0.717, 1.165) is 0 Å². The SMILES string of the molecule is NCCNC(=O)CCC(=O)NC(CC(=O)O)C(=O)CF. The van der Waals surface area contributed by atoms with Crippen molar-refractivity contribution in [1.82, 2.24) is 10.6 Å². The van der Waals surface area contributed by atoms with Gasteiger partial charge in [-0.1, -0.05) is 0 Å². The molecule has 0 aromatic carbocycles. The van der Waals surface area contributed by atoms with E-state index in [1.807, 2.05) is 0 Å². The number of carboxylic acid groups (broad SMARTS) is 1. The molecule has 2 amide bonds. The Bertz CT molecular complexity index is 375. The molecule has 0 aliphatic heterocycles. The van der Waals surface area contributed by atoms with Crippen LogP contribution in [0.1, 0.15) is 19.3 Å². The first-order valence-corrected chi connectivity index (χ1v) is 5.97. The minimum atomic E-state index is -1.42. The van der Waals surface area contributed by atoms with Gasteiger partial charge in [-0.15, -0.1) is 0 Å². The summed E-state index contributed by atoms with van der Waals surface area (Å²) < 4.78 is 12.2. The molecule has 0 aliphatic carbocycles. The maximum absolute atomic E-state index is 12.2. The number of alkyl halides is 1. The van der Waals surface area contributed by atoms with Gasteiger partial charge < -0.3 is 21.5 Å². The zero-order chi connectivity index (χ0) is 15.5. The van der Waals surface area contributed by atoms with Gasteiger partial charge in [0.1, 0.15) is 12.7 Å². The van der Waals surface area contributed by atoms with Gasteiger partial charge in [-0.3, -0.25) is 19.2 Å². The molecule has 114 valence electrons. The van der Waals surface area contributed by atoms with Crippen LogP contribution in [0.5, 0.6) is 0 Å². The number of hydrogen-bond donors (Lipinski definition) is 4. The predicted octanol–water partition coefficient (Wildman–Crippen LogP) is -1.66. The van der Waals surface area contributed by atoms with Crippen LogP contribution in [-0.2, 0) is 19.2 Å². The molecular weight excluding hydrogens is 273 g/mol. The number of Topliss-reactive ketones (excluding diaryl/α,β-unsaturated/α-hetero) is 1. The maximum Gasteiger partial charge on any atom is 0.305 e. The molecule has 0 aromatic heterocycles. The third-order valence-corrected chi connectivity index (χ3v) is 2.28. The number of nitrogens with one attached hydrogen (secondary N) is 2. The lowest BCUT2D eigenvalue weighted by Gasteiger charge is -2.14. The summed E-state index contributed by atoms with van der Waals surface area (Å²) in [6.45, 7) is -0.818. The number of carboxylic acids is 1. The van der Waals surface area contributed by atoms with Crippen molar-refractivity contribution in [3.63, 3.8) is 0 Å². The molecule has 1 unspecified atom stereocenters. The fraction of sp³-hybridized carbons (Fsp3) is 0.636. The van der Waals surface area contributed by atoms with Gasteiger partial charge in [-0.2, -0.15) is 0 Å². The summed E-state index contributed by atoms with van der Waals surface area (Å²) in [5.41, 5.74) is 5.17. The summed E-state index contributed by atoms with van der Waals surface area (Å²) in [5.74, 6) is -3.44. The molecule has 0 bridgehead atoms. The standard InChI is InChI=1S/C11H18FN3O5/c12-6-8(16)7(5-11(19)20)15-10(18)2-1-9(17)14-4-3-13/h7H,1-6,13H2,(H,14,17)(H,15,18)(H,19,20). The molecule has 8 nitrogen and oxygen atoms in total. The van der Waals surface area contributed by atoms with Crippen molar-refractivity contribution in [2.45, 2.75) is 25.3 Å². The van der Waals surface area contributed by atoms with Gasteiger partial charge in [0.2, 0.25) is 11.8 Å². The molecule has 0 aromatic rings. The number of carbonyl (C=O) groups excluding carboxylic acids is 3. The van der Waals surface area contributed by atoms with Crippen molar-refractivity contribution >= 4 is 23.6 Å². The lowest BCUT2D eigenvalue weighted by Crippen LogP contribution is -2.43. The molecule has 9 heteroatoms. The van der Waals surface area contributed by atoms with Gasteiger partial charge >= 0.3 is 5.97 Å². The summed E-state index contributed by atoms with van der Waals surface area (Å²) in [7, 11) is 0. The smallest absolute Gasteiger partial charge is 0.305 e. The molecule has 20 heavy (non-hydrogen) atoms. The van der Waals surface area contributed by atoms with E-state index in [9.17, 15) is 23.6 Å². The molecule has 0 aliphatic rings. The summed E-state index contributed by atoms with van der Waals surface area (Å²) in [6.07, 6.45) is -1.06. The van der Waals surface area contributed by atoms with Crippen LogP contribution in [0, 0.1) is 0 Å². The maximum atomic E-state index is 12.2. The number of carbonyl (C=O) groups is 4. The van der Waals surface area contributed by atoms with Gasteiger partial charge in [0.15, 0.2) is 5.78 Å². The van der Waals surface area contributed by atoms with Crippen LogP contribution in [0.2, 0.25) is 0 Å². The number of hydrogen-bond acceptors (Lipinski definition) is 5. The Morgan fingerprint density at radius 3 is 2.25 bits per heavy atom. The number of amides is 2. The molecule has 5 N–H and O–H groups in total. The lowest BCUT2D eigenvalue weighted by atomic mass is 10.1. The molecule has 0 rings (SSSR count). The van der Waals surface area contributed by atoms with E-state index < -0.39 is 42.7 Å². The number of aliphatic carboxylic acids is 1. The third kappa shape index (κ3) is 8.14. The van der Waals surface area contributed by atoms with Crippen LogP contribution < -0.4 is 16.4 Å². The molecule has 0 saturated carbocycles. The first kappa shape index (κ1) is 18.0. The zero-order valence-corrected chi connectivity index (χ0v) is 10.9. The fourth-order valence-electron chi connectivity index (χ4n) is 1.31. The van der Waals surface area contributed by atoms with E-state index >= 15 is 0 Å². The van der Waals surface area contributed by atoms with Gasteiger partial charge in [-0.05, 0) is 0 Å². The van der Waals surface area contributed by atoms with E-state index in [1.165, 1.54) is 0 Å². The largest absolute Gasteiger partial charge is 0.481 e. The van der Waals surface area contributed by atoms with Crippen molar-refractivity contribution in [2.75, 3.05) is 19.8 Å².